The first kappa shape index (κ1) is 11.6. The molecule has 5 heteroatoms. The fraction of sp³-hybridized carbons (Fsp3) is 0.0833. The number of benzene rings is 1. The second-order valence-corrected chi connectivity index (χ2v) is 5.57. The summed E-state index contributed by atoms with van der Waals surface area (Å²) in [6.07, 6.45) is 2.46. The summed E-state index contributed by atoms with van der Waals surface area (Å²) in [5, 5.41) is 8.80. The highest BCUT2D eigenvalue weighted by Crippen LogP contribution is 2.33. The molecule has 1 heterocycles. The maximum absolute atomic E-state index is 12.0. The zero-order valence-corrected chi connectivity index (χ0v) is 9.86. The maximum atomic E-state index is 12.0. The van der Waals surface area contributed by atoms with E-state index in [4.69, 9.17) is 5.11 Å². The van der Waals surface area contributed by atoms with Gasteiger partial charge >= 0.3 is 5.97 Å². The molecular weight excluding hydrogens is 240 g/mol. The highest BCUT2D eigenvalue weighted by Gasteiger charge is 2.33. The fourth-order valence-electron chi connectivity index (χ4n) is 1.72. The molecule has 1 aromatic rings. The summed E-state index contributed by atoms with van der Waals surface area (Å²) in [5.41, 5.74) is 1.34. The summed E-state index contributed by atoms with van der Waals surface area (Å²) in [7, 11) is -3.88. The molecule has 0 radical (unpaired) electrons. The van der Waals surface area contributed by atoms with Crippen molar-refractivity contribution in [1.29, 1.82) is 0 Å². The lowest BCUT2D eigenvalue weighted by atomic mass is 10.1. The topological polar surface area (TPSA) is 71.4 Å². The molecule has 0 spiro atoms. The van der Waals surface area contributed by atoms with Crippen LogP contribution in [0.1, 0.15) is 11.1 Å². The lowest BCUT2D eigenvalue weighted by Crippen LogP contribution is -2.11. The van der Waals surface area contributed by atoms with Gasteiger partial charge in [-0.1, -0.05) is 24.3 Å². The molecule has 0 aliphatic carbocycles. The summed E-state index contributed by atoms with van der Waals surface area (Å²) in [5.74, 6) is -1.43. The van der Waals surface area contributed by atoms with Gasteiger partial charge in [-0.15, -0.1) is 0 Å². The Balaban J connectivity index is 2.55. The zero-order valence-electron chi connectivity index (χ0n) is 9.04. The third kappa shape index (κ3) is 1.78. The number of allylic oxidation sites excluding steroid dienone is 2. The predicted octanol–water partition coefficient (Wildman–Crippen LogP) is 1.73. The van der Waals surface area contributed by atoms with Gasteiger partial charge in [-0.2, -0.15) is 0 Å². The molecule has 0 saturated heterocycles. The lowest BCUT2D eigenvalue weighted by Gasteiger charge is -2.07. The van der Waals surface area contributed by atoms with Crippen LogP contribution in [0.5, 0.6) is 0 Å². The van der Waals surface area contributed by atoms with E-state index in [0.717, 1.165) is 11.6 Å². The van der Waals surface area contributed by atoms with Crippen molar-refractivity contribution in [3.63, 3.8) is 0 Å². The minimum absolute atomic E-state index is 0.0491. The second-order valence-electron chi connectivity index (χ2n) is 3.69. The Kier molecular flexibility index (Phi) is 2.63. The van der Waals surface area contributed by atoms with Crippen molar-refractivity contribution in [2.45, 2.75) is 6.92 Å². The monoisotopic (exact) mass is 250 g/mol. The van der Waals surface area contributed by atoms with E-state index in [-0.39, 0.29) is 4.91 Å². The van der Waals surface area contributed by atoms with E-state index < -0.39 is 20.7 Å². The number of hydrogen-bond acceptors (Lipinski definition) is 3. The smallest absolute Gasteiger partial charge is 0.347 e. The van der Waals surface area contributed by atoms with Crippen molar-refractivity contribution >= 4 is 20.7 Å². The van der Waals surface area contributed by atoms with Gasteiger partial charge in [-0.05, 0) is 30.2 Å². The van der Waals surface area contributed by atoms with Gasteiger partial charge in [0.05, 0.1) is 4.91 Å². The van der Waals surface area contributed by atoms with Gasteiger partial charge in [0.1, 0.15) is 0 Å². The van der Waals surface area contributed by atoms with E-state index >= 15 is 0 Å². The Morgan fingerprint density at radius 2 is 1.82 bits per heavy atom. The van der Waals surface area contributed by atoms with Crippen LogP contribution in [0.15, 0.2) is 41.3 Å². The van der Waals surface area contributed by atoms with Crippen LogP contribution in [0.3, 0.4) is 0 Å². The van der Waals surface area contributed by atoms with Crippen molar-refractivity contribution < 1.29 is 18.3 Å². The average molecular weight is 250 g/mol. The van der Waals surface area contributed by atoms with E-state index in [2.05, 4.69) is 0 Å². The Labute approximate surface area is 98.8 Å². The van der Waals surface area contributed by atoms with E-state index in [1.54, 1.807) is 31.2 Å². The Morgan fingerprint density at radius 3 is 2.35 bits per heavy atom. The molecule has 88 valence electrons. The van der Waals surface area contributed by atoms with Gasteiger partial charge in [0, 0.05) is 0 Å². The van der Waals surface area contributed by atoms with E-state index in [1.807, 2.05) is 0 Å². The van der Waals surface area contributed by atoms with Crippen LogP contribution in [0.4, 0.5) is 0 Å². The quantitative estimate of drug-likeness (QED) is 0.867. The summed E-state index contributed by atoms with van der Waals surface area (Å²) < 4.78 is 23.9. The van der Waals surface area contributed by atoms with Gasteiger partial charge < -0.3 is 5.11 Å². The average Bonchev–Trinajstić information content (AvgIpc) is 2.54. The SMILES string of the molecule is Cc1ccccc1C1=CC=C(C(=O)O)S1(=O)=O. The molecule has 0 atom stereocenters. The first-order chi connectivity index (χ1) is 7.94. The maximum Gasteiger partial charge on any atom is 0.347 e. The van der Waals surface area contributed by atoms with Crippen LogP contribution in [0, 0.1) is 6.92 Å². The van der Waals surface area contributed by atoms with Gasteiger partial charge in [-0.25, -0.2) is 13.2 Å². The summed E-state index contributed by atoms with van der Waals surface area (Å²) in [6, 6.07) is 6.96. The van der Waals surface area contributed by atoms with E-state index in [0.29, 0.717) is 5.56 Å². The van der Waals surface area contributed by atoms with Crippen LogP contribution in [-0.2, 0) is 14.6 Å². The molecule has 0 fully saturated rings. The fourth-order valence-corrected chi connectivity index (χ4v) is 3.20. The summed E-state index contributed by atoms with van der Waals surface area (Å²) in [4.78, 5) is 10.3. The lowest BCUT2D eigenvalue weighted by molar-refractivity contribution is -0.131. The molecule has 1 aliphatic rings. The third-order valence-corrected chi connectivity index (χ3v) is 4.41. The predicted molar refractivity (Wildman–Crippen MR) is 63.8 cm³/mol. The molecule has 0 unspecified atom stereocenters. The number of carboxylic acid groups (broad SMARTS) is 1. The molecule has 4 nitrogen and oxygen atoms in total. The highest BCUT2D eigenvalue weighted by molar-refractivity contribution is 8.05. The Hall–Kier alpha value is -1.88. The molecule has 0 aromatic heterocycles. The van der Waals surface area contributed by atoms with Gasteiger partial charge in [0.25, 0.3) is 0 Å². The highest BCUT2D eigenvalue weighted by atomic mass is 32.2. The molecule has 0 amide bonds. The largest absolute Gasteiger partial charge is 0.477 e. The van der Waals surface area contributed by atoms with Crippen LogP contribution < -0.4 is 0 Å². The molecule has 2 rings (SSSR count). The molecule has 0 bridgehead atoms. The van der Waals surface area contributed by atoms with Crippen molar-refractivity contribution in [1.82, 2.24) is 0 Å². The Bertz CT molecular complexity index is 651. The van der Waals surface area contributed by atoms with Crippen LogP contribution in [-0.4, -0.2) is 19.5 Å². The van der Waals surface area contributed by atoms with Gasteiger partial charge in [-0.3, -0.25) is 0 Å². The normalized spacial score (nSPS) is 17.5. The number of aliphatic carboxylic acids is 1. The summed E-state index contributed by atoms with van der Waals surface area (Å²) >= 11 is 0. The van der Waals surface area contributed by atoms with E-state index in [9.17, 15) is 13.2 Å². The number of rotatable bonds is 2. The van der Waals surface area contributed by atoms with Crippen molar-refractivity contribution in [3.05, 3.63) is 52.4 Å². The molecule has 1 aromatic carbocycles. The van der Waals surface area contributed by atoms with Crippen molar-refractivity contribution in [2.24, 2.45) is 0 Å². The Morgan fingerprint density at radius 1 is 1.18 bits per heavy atom. The third-order valence-electron chi connectivity index (χ3n) is 2.59. The molecule has 0 saturated carbocycles. The molecule has 1 N–H and O–H groups in total. The van der Waals surface area contributed by atoms with E-state index in [1.165, 1.54) is 6.08 Å². The summed E-state index contributed by atoms with van der Waals surface area (Å²) in [6.45, 7) is 1.78. The van der Waals surface area contributed by atoms with Crippen molar-refractivity contribution in [3.8, 4) is 0 Å². The zero-order chi connectivity index (χ0) is 12.6. The first-order valence-electron chi connectivity index (χ1n) is 4.91. The number of sulfone groups is 1. The number of aryl methyl sites for hydroxylation is 1. The van der Waals surface area contributed by atoms with Gasteiger partial charge in [0.15, 0.2) is 4.91 Å². The molecule has 1 aliphatic heterocycles. The second kappa shape index (κ2) is 3.85. The van der Waals surface area contributed by atoms with Crippen LogP contribution in [0.2, 0.25) is 0 Å². The minimum atomic E-state index is -3.88. The standard InChI is InChI=1S/C12H10O4S/c1-8-4-2-3-5-9(8)10-6-7-11(12(13)14)17(10,15)16/h2-7H,1H3,(H,13,14). The number of hydrogen-bond donors (Lipinski definition) is 1. The number of carboxylic acids is 1. The number of carbonyl (C=O) groups is 1. The van der Waals surface area contributed by atoms with Crippen LogP contribution in [0.25, 0.3) is 4.91 Å². The molecule has 17 heavy (non-hydrogen) atoms. The van der Waals surface area contributed by atoms with Gasteiger partial charge in [0.2, 0.25) is 9.84 Å². The molecular formula is C12H10O4S. The van der Waals surface area contributed by atoms with Crippen LogP contribution >= 0.6 is 0 Å². The van der Waals surface area contributed by atoms with Crippen molar-refractivity contribution in [2.75, 3.05) is 0 Å². The first-order valence-corrected chi connectivity index (χ1v) is 6.39. The minimum Gasteiger partial charge on any atom is -0.477 e.